The maximum atomic E-state index is 13.9. The van der Waals surface area contributed by atoms with Crippen LogP contribution in [0.25, 0.3) is 16.9 Å². The lowest BCUT2D eigenvalue weighted by Crippen LogP contribution is -2.26. The number of nitrogens with zero attached hydrogens (tertiary/aromatic N) is 2. The van der Waals surface area contributed by atoms with Crippen molar-refractivity contribution in [2.24, 2.45) is 0 Å². The first-order valence-electron chi connectivity index (χ1n) is 13.4. The van der Waals surface area contributed by atoms with E-state index < -0.39 is 18.4 Å². The van der Waals surface area contributed by atoms with Gasteiger partial charge in [0.1, 0.15) is 11.6 Å². The molecule has 0 radical (unpaired) electrons. The zero-order chi connectivity index (χ0) is 29.7. The number of anilines is 1. The molecule has 2 aromatic carbocycles. The third-order valence-electron chi connectivity index (χ3n) is 6.34. The van der Waals surface area contributed by atoms with E-state index in [9.17, 15) is 22.4 Å². The second kappa shape index (κ2) is 12.5. The molecule has 0 bridgehead atoms. The van der Waals surface area contributed by atoms with Crippen molar-refractivity contribution in [3.05, 3.63) is 71.8 Å². The van der Waals surface area contributed by atoms with E-state index in [1.165, 1.54) is 25.3 Å². The molecule has 0 atom stereocenters. The highest BCUT2D eigenvalue weighted by Gasteiger charge is 2.27. The van der Waals surface area contributed by atoms with E-state index in [-0.39, 0.29) is 35.7 Å². The Morgan fingerprint density at radius 3 is 2.51 bits per heavy atom. The topological polar surface area (TPSA) is 76.9 Å². The number of ether oxygens (including phenoxy) is 2. The lowest BCUT2D eigenvalue weighted by Gasteiger charge is -2.15. The molecule has 11 heteroatoms. The average molecular weight is 573 g/mol. The van der Waals surface area contributed by atoms with Crippen LogP contribution in [0, 0.1) is 12.7 Å². The number of hydrogen-bond donors (Lipinski definition) is 2. The minimum Gasteiger partial charge on any atom is -0.493 e. The number of rotatable bonds is 9. The summed E-state index contributed by atoms with van der Waals surface area (Å²) >= 11 is 0. The Bertz CT molecular complexity index is 1530. The summed E-state index contributed by atoms with van der Waals surface area (Å²) in [6.07, 6.45) is -0.210. The van der Waals surface area contributed by atoms with E-state index in [4.69, 9.17) is 9.47 Å². The normalized spacial score (nSPS) is 12.9. The summed E-state index contributed by atoms with van der Waals surface area (Å²) in [5.41, 5.74) is 3.37. The summed E-state index contributed by atoms with van der Waals surface area (Å²) in [5, 5.41) is 5.77. The molecule has 0 saturated heterocycles. The number of imidazole rings is 1. The molecule has 1 aliphatic rings. The fourth-order valence-electron chi connectivity index (χ4n) is 4.23. The maximum Gasteiger partial charge on any atom is 0.390 e. The molecule has 41 heavy (non-hydrogen) atoms. The highest BCUT2D eigenvalue weighted by molar-refractivity contribution is 5.96. The van der Waals surface area contributed by atoms with E-state index in [1.54, 1.807) is 28.9 Å². The summed E-state index contributed by atoms with van der Waals surface area (Å²) in [7, 11) is 1.41. The molecule has 1 aliphatic carbocycles. The lowest BCUT2D eigenvalue weighted by molar-refractivity contribution is -0.131. The molecule has 1 amide bonds. The maximum absolute atomic E-state index is 13.9. The van der Waals surface area contributed by atoms with Gasteiger partial charge in [0.15, 0.2) is 17.1 Å². The Labute approximate surface area is 235 Å². The van der Waals surface area contributed by atoms with Crippen LogP contribution in [0.4, 0.5) is 23.2 Å². The number of carbonyl (C=O) groups excluding carboxylic acids is 1. The molecule has 0 unspecified atom stereocenters. The lowest BCUT2D eigenvalue weighted by atomic mass is 10.0. The minimum atomic E-state index is -4.34. The van der Waals surface area contributed by atoms with Crippen LogP contribution < -0.4 is 20.1 Å². The second-order valence-electron chi connectivity index (χ2n) is 9.39. The largest absolute Gasteiger partial charge is 0.493 e. The van der Waals surface area contributed by atoms with Crippen LogP contribution in [0.1, 0.15) is 49.0 Å². The number of halogens is 4. The number of nitrogens with one attached hydrogen (secondary N) is 2. The number of amides is 1. The molecule has 0 aliphatic heterocycles. The van der Waals surface area contributed by atoms with Crippen molar-refractivity contribution < 1.29 is 31.8 Å². The van der Waals surface area contributed by atoms with E-state index >= 15 is 0 Å². The van der Waals surface area contributed by atoms with Crippen LogP contribution in [0.3, 0.4) is 0 Å². The number of pyridine rings is 1. The van der Waals surface area contributed by atoms with Crippen LogP contribution in [-0.2, 0) is 0 Å². The number of methoxy groups -OCH3 is 1. The first-order chi connectivity index (χ1) is 19.6. The molecule has 5 rings (SSSR count). The van der Waals surface area contributed by atoms with E-state index in [0.717, 1.165) is 30.0 Å². The standard InChI is InChI=1S/C28H26F4N4O3.C2H6/c1-16-11-17(3-7-21(16)27(37)35-19-5-6-19)23-14-34-26-22(33-10-9-28(30,31)32)13-20(15-36(23)26)39-25-12-18(29)4-8-24(25)38-2;1-2/h3-4,7-8,11-15,19,33H,5-6,9-10H2,1-2H3,(H,35,37);1-2H3. The van der Waals surface area contributed by atoms with Crippen molar-refractivity contribution in [1.82, 2.24) is 14.7 Å². The smallest absolute Gasteiger partial charge is 0.390 e. The van der Waals surface area contributed by atoms with Crippen molar-refractivity contribution in [3.63, 3.8) is 0 Å². The van der Waals surface area contributed by atoms with Crippen LogP contribution >= 0.6 is 0 Å². The monoisotopic (exact) mass is 572 g/mol. The number of hydrogen-bond acceptors (Lipinski definition) is 5. The zero-order valence-electron chi connectivity index (χ0n) is 23.2. The predicted molar refractivity (Wildman–Crippen MR) is 149 cm³/mol. The highest BCUT2D eigenvalue weighted by Crippen LogP contribution is 2.36. The number of carbonyl (C=O) groups is 1. The number of benzene rings is 2. The Kier molecular flexibility index (Phi) is 9.05. The number of aryl methyl sites for hydroxylation is 1. The molecule has 2 heterocycles. The van der Waals surface area contributed by atoms with Gasteiger partial charge < -0.3 is 20.1 Å². The molecular formula is C30H32F4N4O3. The fourth-order valence-corrected chi connectivity index (χ4v) is 4.23. The van der Waals surface area contributed by atoms with E-state index in [2.05, 4.69) is 15.6 Å². The fraction of sp³-hybridized carbons (Fsp3) is 0.333. The van der Waals surface area contributed by atoms with Gasteiger partial charge in [0.2, 0.25) is 0 Å². The minimum absolute atomic E-state index is 0.0987. The van der Waals surface area contributed by atoms with Gasteiger partial charge in [-0.2, -0.15) is 13.2 Å². The molecule has 7 nitrogen and oxygen atoms in total. The van der Waals surface area contributed by atoms with Gasteiger partial charge in [-0.05, 0) is 49.6 Å². The summed E-state index contributed by atoms with van der Waals surface area (Å²) < 4.78 is 65.3. The molecule has 4 aromatic rings. The van der Waals surface area contributed by atoms with Crippen molar-refractivity contribution in [2.45, 2.75) is 52.3 Å². The summed E-state index contributed by atoms with van der Waals surface area (Å²) in [6.45, 7) is 5.46. The molecular weight excluding hydrogens is 540 g/mol. The summed E-state index contributed by atoms with van der Waals surface area (Å²) in [4.78, 5) is 17.0. The van der Waals surface area contributed by atoms with Gasteiger partial charge in [0, 0.05) is 35.8 Å². The van der Waals surface area contributed by atoms with Crippen molar-refractivity contribution >= 4 is 17.2 Å². The SMILES string of the molecule is CC.COc1ccc(F)cc1Oc1cc(NCCC(F)(F)F)c2ncc(-c3ccc(C(=O)NC4CC4)c(C)c3)n2c1. The highest BCUT2D eigenvalue weighted by atomic mass is 19.4. The quantitative estimate of drug-likeness (QED) is 0.203. The van der Waals surface area contributed by atoms with Gasteiger partial charge in [0.25, 0.3) is 5.91 Å². The number of alkyl halides is 3. The van der Waals surface area contributed by atoms with Crippen LogP contribution in [-0.4, -0.2) is 41.2 Å². The Balaban J connectivity index is 0.00000189. The molecule has 2 N–H and O–H groups in total. The van der Waals surface area contributed by atoms with Gasteiger partial charge in [-0.3, -0.25) is 9.20 Å². The Morgan fingerprint density at radius 2 is 1.85 bits per heavy atom. The van der Waals surface area contributed by atoms with Gasteiger partial charge in [-0.25, -0.2) is 9.37 Å². The average Bonchev–Trinajstić information content (AvgIpc) is 3.64. The Hall–Kier alpha value is -4.28. The van der Waals surface area contributed by atoms with Gasteiger partial charge in [-0.15, -0.1) is 0 Å². The first kappa shape index (κ1) is 29.7. The Morgan fingerprint density at radius 1 is 1.10 bits per heavy atom. The number of fused-ring (bicyclic) bond motifs is 1. The molecule has 2 aromatic heterocycles. The van der Waals surface area contributed by atoms with Crippen molar-refractivity contribution in [3.8, 4) is 28.5 Å². The molecule has 0 spiro atoms. The van der Waals surface area contributed by atoms with Gasteiger partial charge >= 0.3 is 6.18 Å². The van der Waals surface area contributed by atoms with E-state index in [1.807, 2.05) is 26.8 Å². The molecule has 218 valence electrons. The van der Waals surface area contributed by atoms with Crippen LogP contribution in [0.2, 0.25) is 0 Å². The first-order valence-corrected chi connectivity index (χ1v) is 13.4. The molecule has 1 saturated carbocycles. The zero-order valence-corrected chi connectivity index (χ0v) is 23.2. The van der Waals surface area contributed by atoms with Gasteiger partial charge in [-0.1, -0.05) is 19.9 Å². The molecule has 1 fully saturated rings. The third kappa shape index (κ3) is 7.27. The second-order valence-corrected chi connectivity index (χ2v) is 9.39. The van der Waals surface area contributed by atoms with E-state index in [0.29, 0.717) is 22.6 Å². The van der Waals surface area contributed by atoms with Crippen LogP contribution in [0.5, 0.6) is 17.2 Å². The summed E-state index contributed by atoms with van der Waals surface area (Å²) in [6, 6.07) is 10.9. The van der Waals surface area contributed by atoms with Crippen molar-refractivity contribution in [2.75, 3.05) is 19.0 Å². The predicted octanol–water partition coefficient (Wildman–Crippen LogP) is 7.53. The van der Waals surface area contributed by atoms with Gasteiger partial charge in [0.05, 0.1) is 37.3 Å². The third-order valence-corrected chi connectivity index (χ3v) is 6.34. The summed E-state index contributed by atoms with van der Waals surface area (Å²) in [5.74, 6) is -0.0702. The van der Waals surface area contributed by atoms with Crippen molar-refractivity contribution in [1.29, 1.82) is 0 Å². The van der Waals surface area contributed by atoms with Crippen LogP contribution in [0.15, 0.2) is 54.9 Å². The number of aromatic nitrogens is 2.